The molecular weight excluding hydrogens is 1740 g/mol. The van der Waals surface area contributed by atoms with Crippen LogP contribution in [0.1, 0.15) is 79.3 Å². The molecule has 30 atom stereocenters. The van der Waals surface area contributed by atoms with E-state index in [-0.39, 0.29) is 109 Å². The van der Waals surface area contributed by atoms with Crippen LogP contribution in [-0.4, -0.2) is 147 Å². The number of aliphatic hydroxyl groups is 2. The Morgan fingerprint density at radius 1 is 0.520 bits per heavy atom. The van der Waals surface area contributed by atoms with Crippen LogP contribution in [0.3, 0.4) is 0 Å². The number of nitrogens with two attached hydrogens (primary N) is 2. The molecule has 4 aromatic heterocycles. The molecule has 0 radical (unpaired) electrons. The van der Waals surface area contributed by atoms with Crippen molar-refractivity contribution in [2.24, 2.45) is 5.92 Å². The van der Waals surface area contributed by atoms with Gasteiger partial charge in [0.15, 0.2) is 49.6 Å². The van der Waals surface area contributed by atoms with Gasteiger partial charge in [-0.3, -0.25) is 44.8 Å². The number of H-pyrrole nitrogens is 2. The van der Waals surface area contributed by atoms with Gasteiger partial charge in [0.2, 0.25) is 0 Å². The van der Waals surface area contributed by atoms with E-state index in [4.69, 9.17) is 44.6 Å². The lowest BCUT2D eigenvalue weighted by atomic mass is 9.86. The zero-order valence-corrected chi connectivity index (χ0v) is 76.7. The van der Waals surface area contributed by atoms with Crippen LogP contribution in [0.2, 0.25) is 0 Å². The number of fused-ring (bicyclic) bond motifs is 3. The van der Waals surface area contributed by atoms with Gasteiger partial charge >= 0.3 is 22.8 Å². The van der Waals surface area contributed by atoms with E-state index in [2.05, 4.69) is 145 Å². The second-order valence-electron chi connectivity index (χ2n) is 21.9. The lowest BCUT2D eigenvalue weighted by Crippen LogP contribution is -2.60. The van der Waals surface area contributed by atoms with Crippen LogP contribution in [0, 0.1) is 5.92 Å². The fraction of sp³-hybridized carbons (Fsp3) is 0.644. The Balaban J connectivity index is 0.000000214. The van der Waals surface area contributed by atoms with Gasteiger partial charge in [-0.2, -0.15) is 9.97 Å². The predicted octanol–water partition coefficient (Wildman–Crippen LogP) is 13.8. The number of halogens is 4. The van der Waals surface area contributed by atoms with Gasteiger partial charge < -0.3 is 81.6 Å². The third-order valence-electron chi connectivity index (χ3n) is 16.2. The van der Waals surface area contributed by atoms with Crippen LogP contribution < -0.4 is 45.3 Å². The molecular formula is C45H85F4N10O15P24-3. The van der Waals surface area contributed by atoms with Gasteiger partial charge in [-0.1, -0.05) is 42.1 Å². The molecule has 0 aromatic carbocycles. The molecule has 98 heavy (non-hydrogen) atoms. The predicted molar refractivity (Wildman–Crippen MR) is 451 cm³/mol. The van der Waals surface area contributed by atoms with Crippen molar-refractivity contribution in [1.82, 2.24) is 38.2 Å². The summed E-state index contributed by atoms with van der Waals surface area (Å²) in [5.74, 6) is -0.388. The molecule has 0 saturated carbocycles. The first kappa shape index (κ1) is 93.0. The lowest BCUT2D eigenvalue weighted by molar-refractivity contribution is -0.245. The van der Waals surface area contributed by atoms with Gasteiger partial charge in [0, 0.05) is 42.8 Å². The van der Waals surface area contributed by atoms with Crippen molar-refractivity contribution in [3.8, 4) is 0 Å². The molecule has 0 aliphatic carbocycles. The first-order chi connectivity index (χ1) is 45.4. The van der Waals surface area contributed by atoms with Crippen LogP contribution in [0.5, 0.6) is 0 Å². The highest BCUT2D eigenvalue weighted by molar-refractivity contribution is 9.22. The Bertz CT molecular complexity index is 3470. The van der Waals surface area contributed by atoms with Crippen LogP contribution in [-0.2, 0) is 33.2 Å². The van der Waals surface area contributed by atoms with Crippen molar-refractivity contribution in [1.29, 1.82) is 0 Å². The number of aromatic nitrogens is 8. The van der Waals surface area contributed by atoms with E-state index >= 15 is 0 Å². The normalized spacial score (nSPS) is 31.8. The van der Waals surface area contributed by atoms with Gasteiger partial charge in [0.05, 0.1) is 38.6 Å². The van der Waals surface area contributed by atoms with E-state index in [9.17, 15) is 56.5 Å². The maximum atomic E-state index is 14.3. The summed E-state index contributed by atoms with van der Waals surface area (Å²) < 4.78 is 98.9. The summed E-state index contributed by atoms with van der Waals surface area (Å²) in [6.45, 7) is 8.01. The molecule has 25 nitrogen and oxygen atoms in total. The van der Waals surface area contributed by atoms with Crippen molar-refractivity contribution in [2.45, 2.75) is 145 Å². The molecule has 14 unspecified atom stereocenters. The first-order valence-electron chi connectivity index (χ1n) is 28.4. The Kier molecular flexibility index (Phi) is 39.2. The molecule has 7 aliphatic heterocycles. The van der Waals surface area contributed by atoms with Crippen LogP contribution in [0.15, 0.2) is 77.8 Å². The number of hydrogen-bond donors (Lipinski definition) is 6. The maximum absolute atomic E-state index is 14.3. The minimum atomic E-state index is -1.53. The molecule has 7 saturated heterocycles. The standard InChI is InChI=1S/C12H17FN2O4.C11H14FN3O3.C11H13FN2O4.C10H12FN3O4.CH4.H13P12.H12P12/c1-3-12(6-16)7(2)9(13)10(19-12)15-5-4-8(17)14-11(15)18;1-2-11-5-17-8(11)7(12)9(18-11)15-4-3-6(13)14-10(15)16;1-2-11-5-17-8(11)7(12)9(18-11)14-4-3-6(15)13-10(14)16;11-6-7-10(3-15,4-17-7)18-8(6)14-2-1-5(12)13-9(14)16;;2*1-8(2)11(7)12(9(3)4)10(5)6/h4-5,7,9-10,16H,3,6H2,1-2H3,(H,14,17,18);3-4,7-9H,2,5H2,1H3,(H2,13,14,16);3-4,7-9H,2,5H2,1H3,(H,13,15,16);1-2,6-8,15H,3-4H2,(H2,12,13,16);1H4;7H,1-6H2;1,7H,2-6H2/q;;;;;-1;-2/t7-,9+,10+,12-;2*7-,8+,9-,11+;6-,7+,8-,10+;;;/m0111.../s1. The topological polar surface area (TPSA) is 337 Å². The lowest BCUT2D eigenvalue weighted by Gasteiger charge is -2.45. The number of hydrogen-bond acceptors (Lipinski definition) is 19. The minimum absolute atomic E-state index is 0. The molecule has 0 spiro atoms. The van der Waals surface area contributed by atoms with E-state index in [1.165, 1.54) is 36.9 Å². The second kappa shape index (κ2) is 41.3. The molecule has 0 bridgehead atoms. The Hall–Kier alpha value is 4.40. The molecule has 11 rings (SSSR count). The molecule has 0 amide bonds. The number of nitrogen functional groups attached to an aromatic ring is 2. The van der Waals surface area contributed by atoms with Crippen LogP contribution in [0.25, 0.3) is 0 Å². The van der Waals surface area contributed by atoms with Crippen molar-refractivity contribution in [2.75, 3.05) is 44.5 Å². The third kappa shape index (κ3) is 21.8. The summed E-state index contributed by atoms with van der Waals surface area (Å²) in [4.78, 5) is 79.8. The first-order valence-corrected chi connectivity index (χ1v) is 69.3. The average molecular weight is 1830 g/mol. The maximum Gasteiger partial charge on any atom is 0.351 e. The highest BCUT2D eigenvalue weighted by atomic mass is 33.3. The Morgan fingerprint density at radius 3 is 1.09 bits per heavy atom. The summed E-state index contributed by atoms with van der Waals surface area (Å²) >= 11 is 0. The number of rotatable bonds is 17. The van der Waals surface area contributed by atoms with Gasteiger partial charge in [-0.05, 0) is 73.3 Å². The molecule has 7 fully saturated rings. The fourth-order valence-corrected chi connectivity index (χ4v) is 206. The van der Waals surface area contributed by atoms with E-state index in [0.717, 1.165) is 30.4 Å². The van der Waals surface area contributed by atoms with E-state index in [1.54, 1.807) is 13.8 Å². The molecule has 7 aliphatic rings. The number of nitrogens with one attached hydrogen (secondary N) is 2. The summed E-state index contributed by atoms with van der Waals surface area (Å²) in [7, 11) is 44.1. The number of alkyl halides is 4. The molecule has 53 heteroatoms. The number of aliphatic hydroxyl groups excluding tert-OH is 2. The Morgan fingerprint density at radius 2 is 0.857 bits per heavy atom. The van der Waals surface area contributed by atoms with Gasteiger partial charge in [-0.25, -0.2) is 50.7 Å². The molecule has 556 valence electrons. The summed E-state index contributed by atoms with van der Waals surface area (Å²) in [5, 5.41) is 18.7. The summed E-state index contributed by atoms with van der Waals surface area (Å²) in [6, 6.07) is 5.12. The van der Waals surface area contributed by atoms with E-state index in [1.807, 2.05) is 13.8 Å². The number of aromatic amines is 2. The van der Waals surface area contributed by atoms with Crippen molar-refractivity contribution >= 4 is 207 Å². The molecule has 4 aromatic rings. The largest absolute Gasteiger partial charge is 0.519 e. The highest BCUT2D eigenvalue weighted by Crippen LogP contribution is 3.17. The second-order valence-corrected chi connectivity index (χ2v) is 109. The van der Waals surface area contributed by atoms with Gasteiger partial charge in [0.1, 0.15) is 46.8 Å². The smallest absolute Gasteiger partial charge is 0.351 e. The zero-order valence-electron chi connectivity index (χ0n) is 52.1. The van der Waals surface area contributed by atoms with E-state index in [0.29, 0.717) is 32.5 Å². The monoisotopic (exact) mass is 1820 g/mol. The van der Waals surface area contributed by atoms with Crippen molar-refractivity contribution in [3.63, 3.8) is 0 Å². The summed E-state index contributed by atoms with van der Waals surface area (Å²) in [5.41, 5.74) is 3.67. The van der Waals surface area contributed by atoms with Gasteiger partial charge in [-0.15, -0.1) is 98.2 Å². The van der Waals surface area contributed by atoms with Crippen molar-refractivity contribution < 1.29 is 60.9 Å². The van der Waals surface area contributed by atoms with E-state index < -0.39 is 130 Å². The summed E-state index contributed by atoms with van der Waals surface area (Å²) in [6.07, 6.45) is -5.29. The molecule has 11 heterocycles. The number of anilines is 2. The fourth-order valence-electron chi connectivity index (χ4n) is 10.6. The quantitative estimate of drug-likeness (QED) is 0.0422. The van der Waals surface area contributed by atoms with Crippen LogP contribution in [0.4, 0.5) is 29.2 Å². The zero-order chi connectivity index (χ0) is 72.7. The number of nitrogens with zero attached hydrogens (tertiary/aromatic N) is 6. The highest BCUT2D eigenvalue weighted by Gasteiger charge is 2.65. The van der Waals surface area contributed by atoms with Gasteiger partial charge in [0.25, 0.3) is 11.1 Å². The SMILES string of the molecule is C.CC[C@@]1(CO)O[C@@H](n2ccc(=O)[nH]c2=O)[C@H](F)[C@@H]1C.CC[C@]12CO[C@H]1[C@@H](F)[C@H](n1ccc(=O)[nH]c1=O)O2.CC[C@]12CO[C@H]1[C@@H](F)[C@H](n1ccc(N)nc1=O)O2.Nc1ccn([C@@H]2O[C@@]3(CO)CO[C@H]3[C@H]2F)c(=O)n1.[PH-]P(P(P)P)P(P(P)P)P(P)P.[PH-]P(P)P([PH-])P(P(P)P)P(P)P. The Labute approximate surface area is 608 Å². The van der Waals surface area contributed by atoms with Crippen molar-refractivity contribution in [3.05, 3.63) is 112 Å². The van der Waals surface area contributed by atoms with Crippen LogP contribution >= 0.6 is 195 Å². The average Bonchev–Trinajstić information content (AvgIpc) is 1.59. The molecule has 8 N–H and O–H groups in total. The number of ether oxygens (including phenoxy) is 7. The minimum Gasteiger partial charge on any atom is -0.519 e. The third-order valence-corrected chi connectivity index (χ3v) is 143.